The normalized spacial score (nSPS) is 19.4. The lowest BCUT2D eigenvalue weighted by molar-refractivity contribution is -0.928. The maximum Gasteiger partial charge on any atom is 0.265 e. The molecule has 144 valence electrons. The molecular weight excluding hydrogens is 358 g/mol. The highest BCUT2D eigenvalue weighted by Gasteiger charge is 2.21. The third-order valence-electron chi connectivity index (χ3n) is 5.17. The van der Waals surface area contributed by atoms with E-state index in [-0.39, 0.29) is 11.8 Å². The molecule has 2 atom stereocenters. The van der Waals surface area contributed by atoms with Crippen LogP contribution in [0.4, 0.5) is 5.69 Å². The van der Waals surface area contributed by atoms with Gasteiger partial charge in [0.15, 0.2) is 0 Å². The van der Waals surface area contributed by atoms with E-state index in [0.29, 0.717) is 22.7 Å². The number of likely N-dealkylation sites (tertiary alicyclic amines) is 1. The van der Waals surface area contributed by atoms with Crippen molar-refractivity contribution < 1.29 is 14.5 Å². The number of carbonyl (C=O) groups is 2. The average molecular weight is 387 g/mol. The fraction of sp³-hybridized carbons (Fsp3) is 0.429. The van der Waals surface area contributed by atoms with E-state index < -0.39 is 0 Å². The molecule has 0 saturated carbocycles. The van der Waals surface area contributed by atoms with Crippen molar-refractivity contribution in [2.24, 2.45) is 0 Å². The summed E-state index contributed by atoms with van der Waals surface area (Å²) >= 11 is 1.39. The number of nitrogens with one attached hydrogen (secondary N) is 3. The second-order valence-corrected chi connectivity index (χ2v) is 8.12. The van der Waals surface area contributed by atoms with Crippen molar-refractivity contribution in [2.45, 2.75) is 38.6 Å². The number of benzene rings is 1. The van der Waals surface area contributed by atoms with Crippen LogP contribution in [-0.4, -0.2) is 37.5 Å². The number of thiophene rings is 1. The summed E-state index contributed by atoms with van der Waals surface area (Å²) in [7, 11) is 0. The summed E-state index contributed by atoms with van der Waals surface area (Å²) in [4.78, 5) is 26.9. The van der Waals surface area contributed by atoms with Crippen molar-refractivity contribution in [2.75, 3.05) is 25.0 Å². The first-order valence-corrected chi connectivity index (χ1v) is 10.6. The van der Waals surface area contributed by atoms with Gasteiger partial charge in [-0.25, -0.2) is 0 Å². The molecule has 3 N–H and O–H groups in total. The fourth-order valence-corrected chi connectivity index (χ4v) is 4.20. The van der Waals surface area contributed by atoms with E-state index in [2.05, 4.69) is 17.6 Å². The lowest BCUT2D eigenvalue weighted by Gasteiger charge is -2.30. The predicted octanol–water partition coefficient (Wildman–Crippen LogP) is 2.58. The molecule has 2 amide bonds. The molecule has 0 spiro atoms. The summed E-state index contributed by atoms with van der Waals surface area (Å²) in [5, 5.41) is 7.71. The van der Waals surface area contributed by atoms with E-state index in [1.807, 2.05) is 11.4 Å². The number of anilines is 1. The molecule has 1 aliphatic rings. The zero-order chi connectivity index (χ0) is 19.1. The third kappa shape index (κ3) is 5.65. The molecule has 2 heterocycles. The first-order chi connectivity index (χ1) is 13.1. The second-order valence-electron chi connectivity index (χ2n) is 7.18. The maximum absolute atomic E-state index is 12.4. The first kappa shape index (κ1) is 19.6. The Labute approximate surface area is 164 Å². The fourth-order valence-electron chi connectivity index (χ4n) is 3.58. The van der Waals surface area contributed by atoms with Gasteiger partial charge in [0.2, 0.25) is 0 Å². The molecule has 3 rings (SSSR count). The minimum absolute atomic E-state index is 0.0936. The van der Waals surface area contributed by atoms with Crippen LogP contribution in [0.2, 0.25) is 0 Å². The number of carbonyl (C=O) groups excluding carboxylic acids is 2. The minimum atomic E-state index is -0.152. The topological polar surface area (TPSA) is 62.6 Å². The Bertz CT molecular complexity index is 761. The van der Waals surface area contributed by atoms with E-state index in [0.717, 1.165) is 19.0 Å². The molecule has 6 heteroatoms. The van der Waals surface area contributed by atoms with Crippen molar-refractivity contribution in [1.29, 1.82) is 0 Å². The van der Waals surface area contributed by atoms with Gasteiger partial charge in [0, 0.05) is 24.2 Å². The Hall–Kier alpha value is -2.18. The smallest absolute Gasteiger partial charge is 0.265 e. The Kier molecular flexibility index (Phi) is 7.01. The van der Waals surface area contributed by atoms with Gasteiger partial charge < -0.3 is 15.5 Å². The number of quaternary nitrogens is 1. The molecular formula is C21H28N3O2S+. The molecule has 0 bridgehead atoms. The lowest BCUT2D eigenvalue weighted by Crippen LogP contribution is -3.16. The molecule has 1 aliphatic heterocycles. The SMILES string of the molecule is C[C@@H]1CCCC[NH+]1CCCNC(=O)c1cccc(NC(=O)c2cccs2)c1. The Morgan fingerprint density at radius 1 is 1.19 bits per heavy atom. The number of hydrogen-bond donors (Lipinski definition) is 3. The molecule has 1 unspecified atom stereocenters. The van der Waals surface area contributed by atoms with Crippen LogP contribution < -0.4 is 15.5 Å². The summed E-state index contributed by atoms with van der Waals surface area (Å²) in [6, 6.07) is 11.4. The Morgan fingerprint density at radius 2 is 2.07 bits per heavy atom. The van der Waals surface area contributed by atoms with Crippen LogP contribution in [0.5, 0.6) is 0 Å². The van der Waals surface area contributed by atoms with Gasteiger partial charge in [0.25, 0.3) is 11.8 Å². The van der Waals surface area contributed by atoms with Gasteiger partial charge in [-0.2, -0.15) is 0 Å². The van der Waals surface area contributed by atoms with Crippen molar-refractivity contribution in [3.63, 3.8) is 0 Å². The van der Waals surface area contributed by atoms with E-state index in [1.165, 1.54) is 37.1 Å². The molecule has 5 nitrogen and oxygen atoms in total. The largest absolute Gasteiger partial charge is 0.352 e. The van der Waals surface area contributed by atoms with Gasteiger partial charge in [0.05, 0.1) is 24.0 Å². The number of piperidine rings is 1. The zero-order valence-electron chi connectivity index (χ0n) is 15.8. The highest BCUT2D eigenvalue weighted by Crippen LogP contribution is 2.15. The van der Waals surface area contributed by atoms with Crippen molar-refractivity contribution in [1.82, 2.24) is 5.32 Å². The molecule has 1 fully saturated rings. The highest BCUT2D eigenvalue weighted by atomic mass is 32.1. The van der Waals surface area contributed by atoms with Crippen LogP contribution in [0.1, 0.15) is 52.6 Å². The molecule has 0 aliphatic carbocycles. The monoisotopic (exact) mass is 386 g/mol. The van der Waals surface area contributed by atoms with Gasteiger partial charge in [-0.3, -0.25) is 9.59 Å². The van der Waals surface area contributed by atoms with Gasteiger partial charge in [-0.15, -0.1) is 11.3 Å². The quantitative estimate of drug-likeness (QED) is 0.641. The standard InChI is InChI=1S/C21H27N3O2S/c1-16-7-2-3-12-24(16)13-6-11-22-20(25)17-8-4-9-18(15-17)23-21(26)19-10-5-14-27-19/h4-5,8-10,14-16H,2-3,6-7,11-13H2,1H3,(H,22,25)(H,23,26)/p+1/t16-/m1/s1. The Balaban J connectivity index is 1.46. The van der Waals surface area contributed by atoms with Crippen LogP contribution in [0, 0.1) is 0 Å². The average Bonchev–Trinajstić information content (AvgIpc) is 3.21. The van der Waals surface area contributed by atoms with Crippen LogP contribution in [0.15, 0.2) is 41.8 Å². The zero-order valence-corrected chi connectivity index (χ0v) is 16.6. The summed E-state index contributed by atoms with van der Waals surface area (Å²) in [6.45, 7) is 5.36. The van der Waals surface area contributed by atoms with Crippen LogP contribution in [0.25, 0.3) is 0 Å². The summed E-state index contributed by atoms with van der Waals surface area (Å²) < 4.78 is 0. The van der Waals surface area contributed by atoms with Crippen molar-refractivity contribution >= 4 is 28.8 Å². The first-order valence-electron chi connectivity index (χ1n) is 9.71. The predicted molar refractivity (Wildman–Crippen MR) is 110 cm³/mol. The molecule has 0 radical (unpaired) electrons. The number of rotatable bonds is 7. The van der Waals surface area contributed by atoms with Gasteiger partial charge in [-0.1, -0.05) is 12.1 Å². The van der Waals surface area contributed by atoms with E-state index in [4.69, 9.17) is 0 Å². The van der Waals surface area contributed by atoms with Crippen LogP contribution in [-0.2, 0) is 0 Å². The number of amides is 2. The Morgan fingerprint density at radius 3 is 2.85 bits per heavy atom. The van der Waals surface area contributed by atoms with E-state index in [1.54, 1.807) is 35.2 Å². The maximum atomic E-state index is 12.4. The highest BCUT2D eigenvalue weighted by molar-refractivity contribution is 7.12. The van der Waals surface area contributed by atoms with Gasteiger partial charge >= 0.3 is 0 Å². The molecule has 2 aromatic rings. The van der Waals surface area contributed by atoms with Crippen molar-refractivity contribution in [3.8, 4) is 0 Å². The third-order valence-corrected chi connectivity index (χ3v) is 6.04. The molecule has 1 aromatic carbocycles. The van der Waals surface area contributed by atoms with E-state index >= 15 is 0 Å². The van der Waals surface area contributed by atoms with Crippen LogP contribution in [0.3, 0.4) is 0 Å². The molecule has 1 aromatic heterocycles. The lowest BCUT2D eigenvalue weighted by atomic mass is 10.0. The van der Waals surface area contributed by atoms with Crippen molar-refractivity contribution in [3.05, 3.63) is 52.2 Å². The van der Waals surface area contributed by atoms with E-state index in [9.17, 15) is 9.59 Å². The summed E-state index contributed by atoms with van der Waals surface area (Å²) in [5.41, 5.74) is 1.20. The van der Waals surface area contributed by atoms with Gasteiger partial charge in [0.1, 0.15) is 0 Å². The second kappa shape index (κ2) is 9.67. The summed E-state index contributed by atoms with van der Waals surface area (Å²) in [5.74, 6) is -0.245. The van der Waals surface area contributed by atoms with Crippen LogP contribution >= 0.6 is 11.3 Å². The minimum Gasteiger partial charge on any atom is -0.352 e. The van der Waals surface area contributed by atoms with Gasteiger partial charge in [-0.05, 0) is 55.8 Å². The summed E-state index contributed by atoms with van der Waals surface area (Å²) in [6.07, 6.45) is 4.96. The number of hydrogen-bond acceptors (Lipinski definition) is 3. The molecule has 27 heavy (non-hydrogen) atoms. The molecule has 1 saturated heterocycles.